The van der Waals surface area contributed by atoms with Crippen LogP contribution in [0.3, 0.4) is 0 Å². The van der Waals surface area contributed by atoms with Gasteiger partial charge in [-0.25, -0.2) is 4.79 Å². The molecule has 0 aliphatic carbocycles. The van der Waals surface area contributed by atoms with Gasteiger partial charge in [0.15, 0.2) is 0 Å². The highest BCUT2D eigenvalue weighted by Gasteiger charge is 2.38. The summed E-state index contributed by atoms with van der Waals surface area (Å²) in [6.07, 6.45) is 0. The van der Waals surface area contributed by atoms with Gasteiger partial charge in [-0.1, -0.05) is 49.7 Å². The second-order valence-electron chi connectivity index (χ2n) is 8.37. The van der Waals surface area contributed by atoms with Crippen LogP contribution in [-0.2, 0) is 11.3 Å². The van der Waals surface area contributed by atoms with E-state index in [1.807, 2.05) is 36.4 Å². The lowest BCUT2D eigenvalue weighted by molar-refractivity contribution is -0.144. The first-order chi connectivity index (χ1) is 15.7. The van der Waals surface area contributed by atoms with Gasteiger partial charge in [-0.2, -0.15) is 0 Å². The Morgan fingerprint density at radius 2 is 1.70 bits per heavy atom. The second-order valence-corrected chi connectivity index (χ2v) is 8.81. The number of halogens is 1. The number of nitrogens with zero attached hydrogens (tertiary/aromatic N) is 1. The molecule has 0 saturated heterocycles. The third-order valence-corrected chi connectivity index (χ3v) is 5.96. The van der Waals surface area contributed by atoms with Crippen molar-refractivity contribution in [3.63, 3.8) is 0 Å². The summed E-state index contributed by atoms with van der Waals surface area (Å²) in [6, 6.07) is 18.8. The van der Waals surface area contributed by atoms with Crippen LogP contribution in [-0.4, -0.2) is 33.8 Å². The molecule has 1 aliphatic heterocycles. The van der Waals surface area contributed by atoms with E-state index in [0.29, 0.717) is 21.8 Å². The largest absolute Gasteiger partial charge is 0.480 e. The number of nitrogens with one attached hydrogen (secondary N) is 1. The van der Waals surface area contributed by atoms with Crippen LogP contribution in [0.2, 0.25) is 5.02 Å². The third kappa shape index (κ3) is 4.61. The minimum atomic E-state index is -0.998. The van der Waals surface area contributed by atoms with E-state index in [9.17, 15) is 19.5 Å². The molecule has 7 heteroatoms. The third-order valence-electron chi connectivity index (χ3n) is 5.72. The molecule has 1 atom stereocenters. The smallest absolute Gasteiger partial charge is 0.326 e. The van der Waals surface area contributed by atoms with E-state index in [0.717, 1.165) is 16.7 Å². The number of aliphatic carboxylic acids is 1. The van der Waals surface area contributed by atoms with E-state index in [4.69, 9.17) is 11.6 Å². The van der Waals surface area contributed by atoms with Crippen LogP contribution in [0, 0.1) is 5.92 Å². The Morgan fingerprint density at radius 3 is 2.33 bits per heavy atom. The van der Waals surface area contributed by atoms with Crippen LogP contribution in [0.5, 0.6) is 0 Å². The minimum Gasteiger partial charge on any atom is -0.480 e. The lowest BCUT2D eigenvalue weighted by Crippen LogP contribution is -2.44. The van der Waals surface area contributed by atoms with Crippen LogP contribution in [0.4, 0.5) is 5.69 Å². The fourth-order valence-corrected chi connectivity index (χ4v) is 4.30. The number of carboxylic acids is 1. The molecule has 6 nitrogen and oxygen atoms in total. The van der Waals surface area contributed by atoms with E-state index in [1.165, 1.54) is 4.90 Å². The number of benzene rings is 3. The summed E-state index contributed by atoms with van der Waals surface area (Å²) in [5, 5.41) is 12.9. The molecule has 33 heavy (non-hydrogen) atoms. The minimum absolute atomic E-state index is 0.199. The summed E-state index contributed by atoms with van der Waals surface area (Å²) in [5.74, 6) is -1.70. The molecule has 1 unspecified atom stereocenters. The van der Waals surface area contributed by atoms with Gasteiger partial charge in [0.2, 0.25) is 0 Å². The summed E-state index contributed by atoms with van der Waals surface area (Å²) in [5.41, 5.74) is 4.29. The van der Waals surface area contributed by atoms with E-state index in [2.05, 4.69) is 5.32 Å². The average molecular weight is 463 g/mol. The van der Waals surface area contributed by atoms with Crippen LogP contribution in [0.1, 0.15) is 40.1 Å². The Balaban J connectivity index is 1.51. The molecule has 0 spiro atoms. The Kier molecular flexibility index (Phi) is 6.20. The number of carbonyl (C=O) groups excluding carboxylic acids is 2. The fourth-order valence-electron chi connectivity index (χ4n) is 4.10. The summed E-state index contributed by atoms with van der Waals surface area (Å²) >= 11 is 5.95. The number of hydrogen-bond acceptors (Lipinski definition) is 3. The van der Waals surface area contributed by atoms with Crippen molar-refractivity contribution in [2.24, 2.45) is 5.92 Å². The first-order valence-electron chi connectivity index (χ1n) is 10.6. The second kappa shape index (κ2) is 9.08. The van der Waals surface area contributed by atoms with Gasteiger partial charge in [0, 0.05) is 28.4 Å². The molecule has 3 aromatic carbocycles. The van der Waals surface area contributed by atoms with Gasteiger partial charge in [0.05, 0.1) is 0 Å². The molecule has 2 amide bonds. The quantitative estimate of drug-likeness (QED) is 0.518. The number of hydrogen-bond donors (Lipinski definition) is 2. The average Bonchev–Trinajstić information content (AvgIpc) is 3.09. The van der Waals surface area contributed by atoms with E-state index in [-0.39, 0.29) is 24.3 Å². The highest BCUT2D eigenvalue weighted by molar-refractivity contribution is 6.31. The van der Waals surface area contributed by atoms with Crippen LogP contribution >= 0.6 is 11.6 Å². The molecule has 0 aromatic heterocycles. The zero-order valence-electron chi connectivity index (χ0n) is 18.2. The van der Waals surface area contributed by atoms with Crippen molar-refractivity contribution in [3.05, 3.63) is 88.4 Å². The van der Waals surface area contributed by atoms with Crippen molar-refractivity contribution in [1.29, 1.82) is 0 Å². The summed E-state index contributed by atoms with van der Waals surface area (Å²) < 4.78 is 0. The summed E-state index contributed by atoms with van der Waals surface area (Å²) in [4.78, 5) is 38.3. The molecule has 0 saturated carbocycles. The maximum Gasteiger partial charge on any atom is 0.326 e. The predicted molar refractivity (Wildman–Crippen MR) is 127 cm³/mol. The standard InChI is InChI=1S/C26H23ClN2O4/c1-15(2)23(26(32)33)29-14-19-12-17(8-11-22(19)25(29)31)16-6-9-21(10-7-16)28-24(30)18-4-3-5-20(27)13-18/h3-13,15,23H,14H2,1-2H3,(H,28,30)(H,32,33). The van der Waals surface area contributed by atoms with Gasteiger partial charge < -0.3 is 15.3 Å². The maximum atomic E-state index is 12.8. The van der Waals surface area contributed by atoms with Crippen LogP contribution in [0.15, 0.2) is 66.7 Å². The monoisotopic (exact) mass is 462 g/mol. The molecule has 0 bridgehead atoms. The van der Waals surface area contributed by atoms with Crippen LogP contribution in [0.25, 0.3) is 11.1 Å². The number of carboxylic acid groups (broad SMARTS) is 1. The van der Waals surface area contributed by atoms with Gasteiger partial charge in [0.1, 0.15) is 6.04 Å². The van der Waals surface area contributed by atoms with Crippen molar-refractivity contribution in [1.82, 2.24) is 4.90 Å². The van der Waals surface area contributed by atoms with Crippen molar-refractivity contribution < 1.29 is 19.5 Å². The maximum absolute atomic E-state index is 12.8. The Labute approximate surface area is 196 Å². The molecule has 1 heterocycles. The van der Waals surface area contributed by atoms with E-state index < -0.39 is 12.0 Å². The molecule has 3 aromatic rings. The molecule has 1 aliphatic rings. The van der Waals surface area contributed by atoms with E-state index >= 15 is 0 Å². The molecule has 2 N–H and O–H groups in total. The zero-order chi connectivity index (χ0) is 23.7. The van der Waals surface area contributed by atoms with Gasteiger partial charge in [0.25, 0.3) is 11.8 Å². The molecule has 0 fully saturated rings. The number of anilines is 1. The fraction of sp³-hybridized carbons (Fsp3) is 0.192. The molecule has 168 valence electrons. The van der Waals surface area contributed by atoms with Crippen LogP contribution < -0.4 is 5.32 Å². The lowest BCUT2D eigenvalue weighted by atomic mass is 10.0. The predicted octanol–water partition coefficient (Wildman–Crippen LogP) is 5.32. The molecule has 0 radical (unpaired) electrons. The van der Waals surface area contributed by atoms with E-state index in [1.54, 1.807) is 44.2 Å². The Bertz CT molecular complexity index is 1240. The summed E-state index contributed by atoms with van der Waals surface area (Å²) in [7, 11) is 0. The van der Waals surface area contributed by atoms with Crippen molar-refractivity contribution >= 4 is 35.1 Å². The highest BCUT2D eigenvalue weighted by Crippen LogP contribution is 2.31. The van der Waals surface area contributed by atoms with Gasteiger partial charge in [-0.05, 0) is 65.1 Å². The molecule has 4 rings (SSSR count). The number of fused-ring (bicyclic) bond motifs is 1. The van der Waals surface area contributed by atoms with Gasteiger partial charge >= 0.3 is 5.97 Å². The molecular weight excluding hydrogens is 440 g/mol. The SMILES string of the molecule is CC(C)C(C(=O)O)N1Cc2cc(-c3ccc(NC(=O)c4cccc(Cl)c4)cc3)ccc2C1=O. The highest BCUT2D eigenvalue weighted by atomic mass is 35.5. The topological polar surface area (TPSA) is 86.7 Å². The van der Waals surface area contributed by atoms with Gasteiger partial charge in [-0.3, -0.25) is 9.59 Å². The van der Waals surface area contributed by atoms with Crippen molar-refractivity contribution in [2.45, 2.75) is 26.4 Å². The van der Waals surface area contributed by atoms with Crippen molar-refractivity contribution in [3.8, 4) is 11.1 Å². The van der Waals surface area contributed by atoms with Crippen molar-refractivity contribution in [2.75, 3.05) is 5.32 Å². The number of rotatable bonds is 6. The Morgan fingerprint density at radius 1 is 1.00 bits per heavy atom. The van der Waals surface area contributed by atoms with Gasteiger partial charge in [-0.15, -0.1) is 0 Å². The summed E-state index contributed by atoms with van der Waals surface area (Å²) in [6.45, 7) is 3.87. The number of amides is 2. The Hall–Kier alpha value is -3.64. The number of carbonyl (C=O) groups is 3. The molecular formula is C26H23ClN2O4. The lowest BCUT2D eigenvalue weighted by Gasteiger charge is -2.27. The first-order valence-corrected chi connectivity index (χ1v) is 11.0. The zero-order valence-corrected chi connectivity index (χ0v) is 19.0. The normalized spacial score (nSPS) is 13.7. The first kappa shape index (κ1) is 22.6.